The molecular formula is C16H21F3N2O3. The van der Waals surface area contributed by atoms with Gasteiger partial charge in [-0.2, -0.15) is 13.2 Å². The average molecular weight is 346 g/mol. The zero-order valence-corrected chi connectivity index (χ0v) is 13.3. The first-order chi connectivity index (χ1) is 11.2. The van der Waals surface area contributed by atoms with E-state index in [4.69, 9.17) is 4.74 Å². The molecule has 1 unspecified atom stereocenters. The lowest BCUT2D eigenvalue weighted by Crippen LogP contribution is -2.49. The SMILES string of the molecule is CC(NC(=O)NCC1(O)CCOCC1)c1ccc(C(F)(F)F)cc1. The first-order valence-electron chi connectivity index (χ1n) is 7.71. The van der Waals surface area contributed by atoms with Gasteiger partial charge in [-0.15, -0.1) is 0 Å². The second kappa shape index (κ2) is 7.40. The van der Waals surface area contributed by atoms with Gasteiger partial charge in [-0.05, 0) is 24.6 Å². The van der Waals surface area contributed by atoms with E-state index in [9.17, 15) is 23.1 Å². The van der Waals surface area contributed by atoms with E-state index < -0.39 is 29.4 Å². The lowest BCUT2D eigenvalue weighted by atomic mass is 9.94. The zero-order valence-electron chi connectivity index (χ0n) is 13.3. The smallest absolute Gasteiger partial charge is 0.388 e. The Morgan fingerprint density at radius 3 is 2.42 bits per heavy atom. The van der Waals surface area contributed by atoms with Crippen LogP contribution in [0.1, 0.15) is 36.9 Å². The Hall–Kier alpha value is -1.80. The normalized spacial score (nSPS) is 18.7. The minimum atomic E-state index is -4.38. The van der Waals surface area contributed by atoms with Crippen LogP contribution in [-0.4, -0.2) is 36.5 Å². The van der Waals surface area contributed by atoms with E-state index in [-0.39, 0.29) is 6.54 Å². The number of halogens is 3. The average Bonchev–Trinajstić information content (AvgIpc) is 2.53. The van der Waals surface area contributed by atoms with Gasteiger partial charge < -0.3 is 20.5 Å². The third-order valence-corrected chi connectivity index (χ3v) is 4.09. The molecule has 1 saturated heterocycles. The fourth-order valence-electron chi connectivity index (χ4n) is 2.46. The summed E-state index contributed by atoms with van der Waals surface area (Å²) >= 11 is 0. The Balaban J connectivity index is 1.85. The molecule has 8 heteroatoms. The molecule has 0 aromatic heterocycles. The second-order valence-corrected chi connectivity index (χ2v) is 6.01. The molecule has 2 rings (SSSR count). The van der Waals surface area contributed by atoms with Crippen molar-refractivity contribution in [2.75, 3.05) is 19.8 Å². The first kappa shape index (κ1) is 18.5. The summed E-state index contributed by atoms with van der Waals surface area (Å²) in [6.45, 7) is 2.66. The van der Waals surface area contributed by atoms with E-state index in [2.05, 4.69) is 10.6 Å². The number of ether oxygens (including phenoxy) is 1. The number of aliphatic hydroxyl groups is 1. The number of benzene rings is 1. The number of carbonyl (C=O) groups excluding carboxylic acids is 1. The molecule has 1 aromatic rings. The van der Waals surface area contributed by atoms with Gasteiger partial charge in [-0.3, -0.25) is 0 Å². The highest BCUT2D eigenvalue weighted by Crippen LogP contribution is 2.29. The van der Waals surface area contributed by atoms with Gasteiger partial charge in [0, 0.05) is 32.6 Å². The topological polar surface area (TPSA) is 70.6 Å². The molecular weight excluding hydrogens is 325 g/mol. The van der Waals surface area contributed by atoms with Crippen molar-refractivity contribution in [3.05, 3.63) is 35.4 Å². The number of amides is 2. The standard InChI is InChI=1S/C16H21F3N2O3/c1-11(12-2-4-13(5-3-12)16(17,18)19)21-14(22)20-10-15(23)6-8-24-9-7-15/h2-5,11,23H,6-10H2,1H3,(H2,20,21,22). The molecule has 0 saturated carbocycles. The highest BCUT2D eigenvalue weighted by atomic mass is 19.4. The summed E-state index contributed by atoms with van der Waals surface area (Å²) < 4.78 is 42.8. The number of hydrogen-bond acceptors (Lipinski definition) is 3. The van der Waals surface area contributed by atoms with Crippen LogP contribution in [-0.2, 0) is 10.9 Å². The van der Waals surface area contributed by atoms with Crippen molar-refractivity contribution >= 4 is 6.03 Å². The van der Waals surface area contributed by atoms with Crippen molar-refractivity contribution < 1.29 is 27.8 Å². The Labute approximate surface area is 138 Å². The Kier molecular flexibility index (Phi) is 5.71. The van der Waals surface area contributed by atoms with Crippen molar-refractivity contribution in [3.8, 4) is 0 Å². The molecule has 1 heterocycles. The molecule has 0 radical (unpaired) electrons. The fraction of sp³-hybridized carbons (Fsp3) is 0.562. The van der Waals surface area contributed by atoms with Crippen molar-refractivity contribution in [1.82, 2.24) is 10.6 Å². The third-order valence-electron chi connectivity index (χ3n) is 4.09. The molecule has 1 fully saturated rings. The van der Waals surface area contributed by atoms with Crippen LogP contribution in [0, 0.1) is 0 Å². The fourth-order valence-corrected chi connectivity index (χ4v) is 2.46. The highest BCUT2D eigenvalue weighted by Gasteiger charge is 2.31. The molecule has 3 N–H and O–H groups in total. The van der Waals surface area contributed by atoms with Crippen LogP contribution in [0.4, 0.5) is 18.0 Å². The van der Waals surface area contributed by atoms with Crippen LogP contribution in [0.5, 0.6) is 0 Å². The number of rotatable bonds is 4. The van der Waals surface area contributed by atoms with Gasteiger partial charge in [0.05, 0.1) is 17.2 Å². The number of urea groups is 1. The molecule has 0 aliphatic carbocycles. The summed E-state index contributed by atoms with van der Waals surface area (Å²) in [5.74, 6) is 0. The second-order valence-electron chi connectivity index (χ2n) is 6.01. The lowest BCUT2D eigenvalue weighted by Gasteiger charge is -2.32. The van der Waals surface area contributed by atoms with Gasteiger partial charge >= 0.3 is 12.2 Å². The van der Waals surface area contributed by atoms with Crippen LogP contribution in [0.25, 0.3) is 0 Å². The van der Waals surface area contributed by atoms with Gasteiger partial charge in [0.25, 0.3) is 0 Å². The highest BCUT2D eigenvalue weighted by molar-refractivity contribution is 5.74. The van der Waals surface area contributed by atoms with E-state index in [0.29, 0.717) is 31.6 Å². The van der Waals surface area contributed by atoms with Crippen molar-refractivity contribution in [1.29, 1.82) is 0 Å². The van der Waals surface area contributed by atoms with E-state index in [0.717, 1.165) is 12.1 Å². The summed E-state index contributed by atoms with van der Waals surface area (Å²) in [4.78, 5) is 11.9. The lowest BCUT2D eigenvalue weighted by molar-refractivity contribution is -0.137. The number of hydrogen-bond donors (Lipinski definition) is 3. The Morgan fingerprint density at radius 1 is 1.29 bits per heavy atom. The van der Waals surface area contributed by atoms with Crippen molar-refractivity contribution in [2.45, 2.75) is 37.6 Å². The summed E-state index contributed by atoms with van der Waals surface area (Å²) in [6, 6.07) is 3.69. The predicted molar refractivity (Wildman–Crippen MR) is 81.4 cm³/mol. The summed E-state index contributed by atoms with van der Waals surface area (Å²) in [5.41, 5.74) is -1.15. The maximum atomic E-state index is 12.5. The van der Waals surface area contributed by atoms with E-state index in [1.165, 1.54) is 12.1 Å². The van der Waals surface area contributed by atoms with Crippen LogP contribution < -0.4 is 10.6 Å². The van der Waals surface area contributed by atoms with Gasteiger partial charge in [-0.25, -0.2) is 4.79 Å². The molecule has 1 aliphatic rings. The quantitative estimate of drug-likeness (QED) is 0.785. The molecule has 134 valence electrons. The summed E-state index contributed by atoms with van der Waals surface area (Å²) in [6.07, 6.45) is -3.49. The Bertz CT molecular complexity index is 555. The minimum Gasteiger partial charge on any atom is -0.388 e. The first-order valence-corrected chi connectivity index (χ1v) is 7.71. The number of carbonyl (C=O) groups is 1. The number of nitrogens with one attached hydrogen (secondary N) is 2. The van der Waals surface area contributed by atoms with Crippen molar-refractivity contribution in [3.63, 3.8) is 0 Å². The van der Waals surface area contributed by atoms with Crippen LogP contribution in [0.15, 0.2) is 24.3 Å². The van der Waals surface area contributed by atoms with E-state index in [1.807, 2.05) is 0 Å². The number of alkyl halides is 3. The molecule has 1 aromatic carbocycles. The Morgan fingerprint density at radius 2 is 1.88 bits per heavy atom. The molecule has 5 nitrogen and oxygen atoms in total. The molecule has 0 spiro atoms. The summed E-state index contributed by atoms with van der Waals surface area (Å²) in [5, 5.41) is 15.5. The zero-order chi connectivity index (χ0) is 17.8. The molecule has 0 bridgehead atoms. The molecule has 1 atom stereocenters. The maximum absolute atomic E-state index is 12.5. The van der Waals surface area contributed by atoms with Gasteiger partial charge in [0.1, 0.15) is 0 Å². The van der Waals surface area contributed by atoms with Gasteiger partial charge in [0.2, 0.25) is 0 Å². The van der Waals surface area contributed by atoms with Crippen LogP contribution >= 0.6 is 0 Å². The third kappa shape index (κ3) is 5.10. The van der Waals surface area contributed by atoms with Gasteiger partial charge in [0.15, 0.2) is 0 Å². The molecule has 24 heavy (non-hydrogen) atoms. The van der Waals surface area contributed by atoms with Crippen LogP contribution in [0.2, 0.25) is 0 Å². The molecule has 2 amide bonds. The summed E-state index contributed by atoms with van der Waals surface area (Å²) in [7, 11) is 0. The molecule has 1 aliphatic heterocycles. The predicted octanol–water partition coefficient (Wildman–Crippen LogP) is 2.61. The monoisotopic (exact) mass is 346 g/mol. The maximum Gasteiger partial charge on any atom is 0.416 e. The minimum absolute atomic E-state index is 0.0991. The van der Waals surface area contributed by atoms with E-state index >= 15 is 0 Å². The van der Waals surface area contributed by atoms with E-state index in [1.54, 1.807) is 6.92 Å². The van der Waals surface area contributed by atoms with Crippen molar-refractivity contribution in [2.24, 2.45) is 0 Å². The largest absolute Gasteiger partial charge is 0.416 e. The van der Waals surface area contributed by atoms with Crippen LogP contribution in [0.3, 0.4) is 0 Å². The van der Waals surface area contributed by atoms with Gasteiger partial charge in [-0.1, -0.05) is 12.1 Å².